The highest BCUT2D eigenvalue weighted by Crippen LogP contribution is 2.08. The van der Waals surface area contributed by atoms with Crippen molar-refractivity contribution in [3.63, 3.8) is 0 Å². The number of para-hydroxylation sites is 1. The summed E-state index contributed by atoms with van der Waals surface area (Å²) in [4.78, 5) is 23.7. The van der Waals surface area contributed by atoms with Crippen molar-refractivity contribution in [3.05, 3.63) is 40.7 Å². The maximum atomic E-state index is 11.9. The van der Waals surface area contributed by atoms with Crippen LogP contribution in [-0.2, 0) is 11.3 Å². The number of benzene rings is 1. The maximum absolute atomic E-state index is 11.9. The monoisotopic (exact) mass is 303 g/mol. The molecule has 2 N–H and O–H groups in total. The van der Waals surface area contributed by atoms with E-state index >= 15 is 0 Å². The number of fused-ring (bicyclic) bond motifs is 1. The maximum Gasteiger partial charge on any atom is 0.222 e. The average molecular weight is 303 g/mol. The van der Waals surface area contributed by atoms with E-state index < -0.39 is 0 Å². The molecular formula is C16H21N3O3. The normalized spacial score (nSPS) is 12.3. The van der Waals surface area contributed by atoms with E-state index in [1.807, 2.05) is 25.1 Å². The molecule has 1 aromatic carbocycles. The fourth-order valence-electron chi connectivity index (χ4n) is 2.36. The van der Waals surface area contributed by atoms with Gasteiger partial charge in [0.1, 0.15) is 0 Å². The third kappa shape index (κ3) is 4.14. The second-order valence-electron chi connectivity index (χ2n) is 5.33. The van der Waals surface area contributed by atoms with Crippen LogP contribution in [0.2, 0.25) is 0 Å². The van der Waals surface area contributed by atoms with Crippen molar-refractivity contribution in [2.24, 2.45) is 0 Å². The van der Waals surface area contributed by atoms with Gasteiger partial charge in [-0.15, -0.1) is 0 Å². The van der Waals surface area contributed by atoms with Gasteiger partial charge in [-0.1, -0.05) is 12.1 Å². The average Bonchev–Trinajstić information content (AvgIpc) is 2.52. The van der Waals surface area contributed by atoms with Crippen LogP contribution in [-0.4, -0.2) is 33.4 Å². The first-order chi connectivity index (χ1) is 10.6. The van der Waals surface area contributed by atoms with Crippen LogP contribution in [0.5, 0.6) is 0 Å². The van der Waals surface area contributed by atoms with Gasteiger partial charge >= 0.3 is 0 Å². The van der Waals surface area contributed by atoms with Crippen molar-refractivity contribution >= 4 is 16.8 Å². The van der Waals surface area contributed by atoms with Gasteiger partial charge in [0.05, 0.1) is 18.3 Å². The zero-order chi connectivity index (χ0) is 15.9. The molecule has 0 bridgehead atoms. The van der Waals surface area contributed by atoms with Crippen LogP contribution in [0.15, 0.2) is 35.3 Å². The van der Waals surface area contributed by atoms with Gasteiger partial charge in [-0.25, -0.2) is 0 Å². The Hall–Kier alpha value is -2.21. The zero-order valence-corrected chi connectivity index (χ0v) is 12.7. The van der Waals surface area contributed by atoms with E-state index in [-0.39, 0.29) is 24.0 Å². The Morgan fingerprint density at radius 3 is 2.95 bits per heavy atom. The molecule has 6 nitrogen and oxygen atoms in total. The quantitative estimate of drug-likeness (QED) is 0.801. The molecule has 0 aliphatic carbocycles. The number of aryl methyl sites for hydroxylation is 1. The van der Waals surface area contributed by atoms with E-state index in [0.717, 1.165) is 11.9 Å². The number of aliphatic hydroxyl groups is 1. The first-order valence-electron chi connectivity index (χ1n) is 7.47. The molecule has 1 aromatic heterocycles. The molecule has 1 unspecified atom stereocenters. The van der Waals surface area contributed by atoms with Crippen molar-refractivity contribution in [2.75, 3.05) is 6.61 Å². The van der Waals surface area contributed by atoms with E-state index in [2.05, 4.69) is 10.4 Å². The summed E-state index contributed by atoms with van der Waals surface area (Å²) in [5, 5.41) is 16.4. The molecule has 2 aromatic rings. The third-order valence-electron chi connectivity index (χ3n) is 3.52. The fourth-order valence-corrected chi connectivity index (χ4v) is 2.36. The number of hydrogen-bond donors (Lipinski definition) is 2. The standard InChI is InChI=1S/C16H21N3O3/c1-12(5-4-10-20)18-16(22)8-9-19-14-7-3-2-6-13(14)15(21)11-17-19/h2-3,6-7,11-12,20H,4-5,8-10H2,1H3,(H,18,22). The molecule has 0 saturated heterocycles. The number of nitrogens with zero attached hydrogens (tertiary/aromatic N) is 2. The number of amides is 1. The molecule has 2 rings (SSSR count). The number of carbonyl (C=O) groups is 1. The number of rotatable bonds is 7. The molecule has 1 atom stereocenters. The Morgan fingerprint density at radius 2 is 2.18 bits per heavy atom. The van der Waals surface area contributed by atoms with Crippen LogP contribution < -0.4 is 10.7 Å². The molecule has 1 amide bonds. The number of nitrogens with one attached hydrogen (secondary N) is 1. The highest BCUT2D eigenvalue weighted by molar-refractivity contribution is 5.79. The predicted molar refractivity (Wildman–Crippen MR) is 84.5 cm³/mol. The van der Waals surface area contributed by atoms with Gasteiger partial charge in [-0.3, -0.25) is 14.3 Å². The lowest BCUT2D eigenvalue weighted by atomic mass is 10.2. The highest BCUT2D eigenvalue weighted by atomic mass is 16.3. The highest BCUT2D eigenvalue weighted by Gasteiger charge is 2.09. The van der Waals surface area contributed by atoms with Gasteiger partial charge < -0.3 is 10.4 Å². The topological polar surface area (TPSA) is 84.2 Å². The van der Waals surface area contributed by atoms with Gasteiger partial charge in [0.15, 0.2) is 0 Å². The summed E-state index contributed by atoms with van der Waals surface area (Å²) >= 11 is 0. The molecule has 0 fully saturated rings. The summed E-state index contributed by atoms with van der Waals surface area (Å²) in [6.07, 6.45) is 3.00. The molecular weight excluding hydrogens is 282 g/mol. The van der Waals surface area contributed by atoms with Crippen LogP contribution in [0.1, 0.15) is 26.2 Å². The van der Waals surface area contributed by atoms with Crippen molar-refractivity contribution in [1.29, 1.82) is 0 Å². The summed E-state index contributed by atoms with van der Waals surface area (Å²) in [5.41, 5.74) is 0.616. The summed E-state index contributed by atoms with van der Waals surface area (Å²) in [6, 6.07) is 7.28. The number of hydrogen-bond acceptors (Lipinski definition) is 4. The summed E-state index contributed by atoms with van der Waals surface area (Å²) in [5.74, 6) is -0.0602. The second-order valence-corrected chi connectivity index (χ2v) is 5.33. The Morgan fingerprint density at radius 1 is 1.41 bits per heavy atom. The van der Waals surface area contributed by atoms with Gasteiger partial charge in [0.2, 0.25) is 11.3 Å². The molecule has 1 heterocycles. The van der Waals surface area contributed by atoms with Crippen molar-refractivity contribution < 1.29 is 9.90 Å². The lowest BCUT2D eigenvalue weighted by molar-refractivity contribution is -0.122. The molecule has 0 saturated carbocycles. The lowest BCUT2D eigenvalue weighted by Crippen LogP contribution is -2.33. The summed E-state index contributed by atoms with van der Waals surface area (Å²) in [7, 11) is 0. The Labute approximate surface area is 128 Å². The molecule has 0 radical (unpaired) electrons. The fraction of sp³-hybridized carbons (Fsp3) is 0.438. The van der Waals surface area contributed by atoms with Gasteiger partial charge in [-0.05, 0) is 31.9 Å². The van der Waals surface area contributed by atoms with Gasteiger partial charge in [0, 0.05) is 24.5 Å². The molecule has 6 heteroatoms. The molecule has 0 spiro atoms. The number of aliphatic hydroxyl groups excluding tert-OH is 1. The van der Waals surface area contributed by atoms with Crippen LogP contribution in [0, 0.1) is 0 Å². The van der Waals surface area contributed by atoms with E-state index in [1.165, 1.54) is 6.20 Å². The minimum atomic E-state index is -0.117. The lowest BCUT2D eigenvalue weighted by Gasteiger charge is -2.14. The Balaban J connectivity index is 1.99. The first kappa shape index (κ1) is 16.2. The van der Waals surface area contributed by atoms with Crippen LogP contribution in [0.3, 0.4) is 0 Å². The first-order valence-corrected chi connectivity index (χ1v) is 7.47. The minimum absolute atomic E-state index is 0.0402. The Bertz CT molecular complexity index is 696. The van der Waals surface area contributed by atoms with Crippen molar-refractivity contribution in [3.8, 4) is 0 Å². The van der Waals surface area contributed by atoms with Crippen LogP contribution in [0.25, 0.3) is 10.9 Å². The molecule has 22 heavy (non-hydrogen) atoms. The number of carbonyl (C=O) groups excluding carboxylic acids is 1. The largest absolute Gasteiger partial charge is 0.396 e. The smallest absolute Gasteiger partial charge is 0.222 e. The van der Waals surface area contributed by atoms with Crippen LogP contribution >= 0.6 is 0 Å². The SMILES string of the molecule is CC(CCCO)NC(=O)CCn1ncc(=O)c2ccccc21. The molecule has 0 aliphatic rings. The molecule has 118 valence electrons. The number of aromatic nitrogens is 2. The second kappa shape index (κ2) is 7.70. The van der Waals surface area contributed by atoms with E-state index in [1.54, 1.807) is 10.7 Å². The summed E-state index contributed by atoms with van der Waals surface area (Å²) in [6.45, 7) is 2.47. The van der Waals surface area contributed by atoms with E-state index in [9.17, 15) is 9.59 Å². The summed E-state index contributed by atoms with van der Waals surface area (Å²) < 4.78 is 1.68. The van der Waals surface area contributed by atoms with E-state index in [0.29, 0.717) is 24.8 Å². The van der Waals surface area contributed by atoms with Crippen molar-refractivity contribution in [1.82, 2.24) is 15.1 Å². The van der Waals surface area contributed by atoms with Crippen LogP contribution in [0.4, 0.5) is 0 Å². The van der Waals surface area contributed by atoms with Gasteiger partial charge in [-0.2, -0.15) is 5.10 Å². The van der Waals surface area contributed by atoms with Crippen molar-refractivity contribution in [2.45, 2.75) is 38.8 Å². The molecule has 0 aliphatic heterocycles. The van der Waals surface area contributed by atoms with Gasteiger partial charge in [0.25, 0.3) is 0 Å². The third-order valence-corrected chi connectivity index (χ3v) is 3.52. The Kier molecular flexibility index (Phi) is 5.66. The zero-order valence-electron chi connectivity index (χ0n) is 12.7. The predicted octanol–water partition coefficient (Wildman–Crippen LogP) is 1.06. The van der Waals surface area contributed by atoms with E-state index in [4.69, 9.17) is 5.11 Å². The minimum Gasteiger partial charge on any atom is -0.396 e.